The van der Waals surface area contributed by atoms with Gasteiger partial charge in [-0.1, -0.05) is 19.8 Å². The highest BCUT2D eigenvalue weighted by atomic mass is 16.4. The highest BCUT2D eigenvalue weighted by molar-refractivity contribution is 5.86. The molecule has 0 aromatic rings. The highest BCUT2D eigenvalue weighted by Gasteiger charge is 2.04. The monoisotopic (exact) mass is 157 g/mol. The summed E-state index contributed by atoms with van der Waals surface area (Å²) in [5.74, 6) is -0.899. The minimum atomic E-state index is -0.899. The fraction of sp³-hybridized carbons (Fsp3) is 0.625. The quantitative estimate of drug-likeness (QED) is 0.469. The smallest absolute Gasteiger partial charge is 0.333 e. The van der Waals surface area contributed by atoms with Crippen LogP contribution in [0.15, 0.2) is 11.8 Å². The Kier molecular flexibility index (Phi) is 5.25. The molecule has 0 atom stereocenters. The number of unbranched alkanes of at least 4 members (excludes halogenated alkanes) is 2. The molecular formula is C8H15NO2. The van der Waals surface area contributed by atoms with Crippen molar-refractivity contribution in [3.05, 3.63) is 11.8 Å². The molecule has 0 heterocycles. The van der Waals surface area contributed by atoms with Crippen molar-refractivity contribution < 1.29 is 9.90 Å². The summed E-state index contributed by atoms with van der Waals surface area (Å²) in [7, 11) is 0. The molecule has 64 valence electrons. The van der Waals surface area contributed by atoms with E-state index in [1.165, 1.54) is 6.20 Å². The third-order valence-corrected chi connectivity index (χ3v) is 1.53. The molecule has 0 aromatic carbocycles. The van der Waals surface area contributed by atoms with Gasteiger partial charge >= 0.3 is 5.97 Å². The summed E-state index contributed by atoms with van der Waals surface area (Å²) in [6, 6.07) is 0. The predicted octanol–water partition coefficient (Wildman–Crippen LogP) is 1.49. The van der Waals surface area contributed by atoms with Crippen LogP contribution in [-0.4, -0.2) is 11.1 Å². The van der Waals surface area contributed by atoms with E-state index in [0.29, 0.717) is 12.0 Å². The first-order valence-corrected chi connectivity index (χ1v) is 3.86. The van der Waals surface area contributed by atoms with Gasteiger partial charge in [0, 0.05) is 6.20 Å². The predicted molar refractivity (Wildman–Crippen MR) is 44.0 cm³/mol. The van der Waals surface area contributed by atoms with E-state index < -0.39 is 5.97 Å². The Bertz CT molecular complexity index is 152. The largest absolute Gasteiger partial charge is 0.478 e. The molecule has 0 amide bonds. The van der Waals surface area contributed by atoms with E-state index in [4.69, 9.17) is 10.8 Å². The number of rotatable bonds is 5. The molecule has 0 radical (unpaired) electrons. The Balaban J connectivity index is 3.63. The van der Waals surface area contributed by atoms with Crippen molar-refractivity contribution in [3.63, 3.8) is 0 Å². The second-order valence-corrected chi connectivity index (χ2v) is 2.45. The summed E-state index contributed by atoms with van der Waals surface area (Å²) in [5.41, 5.74) is 5.43. The lowest BCUT2D eigenvalue weighted by molar-refractivity contribution is -0.132. The molecule has 0 spiro atoms. The maximum Gasteiger partial charge on any atom is 0.333 e. The van der Waals surface area contributed by atoms with Crippen LogP contribution < -0.4 is 5.73 Å². The number of carboxylic acids is 1. The summed E-state index contributed by atoms with van der Waals surface area (Å²) in [4.78, 5) is 10.4. The van der Waals surface area contributed by atoms with Gasteiger partial charge in [0.15, 0.2) is 0 Å². The van der Waals surface area contributed by atoms with Gasteiger partial charge in [0.05, 0.1) is 5.57 Å². The van der Waals surface area contributed by atoms with Crippen LogP contribution in [-0.2, 0) is 4.79 Å². The standard InChI is InChI=1S/C8H15NO2/c1-2-3-4-5-7(6-9)8(10)11/h6H,2-5,9H2,1H3,(H,10,11). The first kappa shape index (κ1) is 10.0. The maximum absolute atomic E-state index is 10.4. The van der Waals surface area contributed by atoms with Gasteiger partial charge < -0.3 is 10.8 Å². The lowest BCUT2D eigenvalue weighted by atomic mass is 10.1. The van der Waals surface area contributed by atoms with Crippen molar-refractivity contribution >= 4 is 5.97 Å². The second kappa shape index (κ2) is 5.77. The number of hydrogen-bond donors (Lipinski definition) is 2. The van der Waals surface area contributed by atoms with Crippen molar-refractivity contribution in [1.29, 1.82) is 0 Å². The first-order valence-electron chi connectivity index (χ1n) is 3.86. The van der Waals surface area contributed by atoms with Gasteiger partial charge in [-0.15, -0.1) is 0 Å². The van der Waals surface area contributed by atoms with Crippen LogP contribution in [0.1, 0.15) is 32.6 Å². The summed E-state index contributed by atoms with van der Waals surface area (Å²) >= 11 is 0. The van der Waals surface area contributed by atoms with Crippen molar-refractivity contribution in [2.75, 3.05) is 0 Å². The SMILES string of the molecule is CCCCCC(=CN)C(=O)O. The van der Waals surface area contributed by atoms with E-state index in [2.05, 4.69) is 6.92 Å². The fourth-order valence-electron chi connectivity index (χ4n) is 0.827. The maximum atomic E-state index is 10.4. The van der Waals surface area contributed by atoms with E-state index in [1.54, 1.807) is 0 Å². The summed E-state index contributed by atoms with van der Waals surface area (Å²) in [6.45, 7) is 2.08. The molecular weight excluding hydrogens is 142 g/mol. The first-order chi connectivity index (χ1) is 5.22. The van der Waals surface area contributed by atoms with Gasteiger partial charge in [-0.05, 0) is 12.8 Å². The van der Waals surface area contributed by atoms with Gasteiger partial charge in [0.2, 0.25) is 0 Å². The van der Waals surface area contributed by atoms with E-state index in [1.807, 2.05) is 0 Å². The van der Waals surface area contributed by atoms with E-state index in [9.17, 15) is 4.79 Å². The average molecular weight is 157 g/mol. The Morgan fingerprint density at radius 1 is 1.55 bits per heavy atom. The zero-order valence-corrected chi connectivity index (χ0v) is 6.84. The Morgan fingerprint density at radius 3 is 2.55 bits per heavy atom. The molecule has 0 aliphatic heterocycles. The number of carbonyl (C=O) groups is 1. The molecule has 3 nitrogen and oxygen atoms in total. The number of aliphatic carboxylic acids is 1. The second-order valence-electron chi connectivity index (χ2n) is 2.45. The third kappa shape index (κ3) is 4.42. The molecule has 0 unspecified atom stereocenters. The van der Waals surface area contributed by atoms with E-state index >= 15 is 0 Å². The zero-order valence-electron chi connectivity index (χ0n) is 6.84. The normalized spacial score (nSPS) is 11.5. The zero-order chi connectivity index (χ0) is 8.69. The van der Waals surface area contributed by atoms with Crippen LogP contribution in [0, 0.1) is 0 Å². The summed E-state index contributed by atoms with van der Waals surface area (Å²) in [6.07, 6.45) is 4.82. The molecule has 0 fully saturated rings. The molecule has 3 N–H and O–H groups in total. The van der Waals surface area contributed by atoms with E-state index in [-0.39, 0.29) is 0 Å². The van der Waals surface area contributed by atoms with Crippen LogP contribution in [0.2, 0.25) is 0 Å². The van der Waals surface area contributed by atoms with Crippen LogP contribution >= 0.6 is 0 Å². The molecule has 0 aromatic heterocycles. The van der Waals surface area contributed by atoms with Crippen molar-refractivity contribution in [1.82, 2.24) is 0 Å². The molecule has 0 saturated carbocycles. The Hall–Kier alpha value is -0.990. The lowest BCUT2D eigenvalue weighted by Gasteiger charge is -1.98. The summed E-state index contributed by atoms with van der Waals surface area (Å²) in [5, 5.41) is 8.52. The van der Waals surface area contributed by atoms with Crippen LogP contribution in [0.4, 0.5) is 0 Å². The Morgan fingerprint density at radius 2 is 2.18 bits per heavy atom. The van der Waals surface area contributed by atoms with Crippen molar-refractivity contribution in [2.24, 2.45) is 5.73 Å². The molecule has 0 rings (SSSR count). The summed E-state index contributed by atoms with van der Waals surface area (Å²) < 4.78 is 0. The topological polar surface area (TPSA) is 63.3 Å². The molecule has 0 aliphatic rings. The highest BCUT2D eigenvalue weighted by Crippen LogP contribution is 2.07. The van der Waals surface area contributed by atoms with Crippen LogP contribution in [0.25, 0.3) is 0 Å². The molecule has 0 aliphatic carbocycles. The fourth-order valence-corrected chi connectivity index (χ4v) is 0.827. The molecule has 3 heteroatoms. The van der Waals surface area contributed by atoms with Crippen molar-refractivity contribution in [2.45, 2.75) is 32.6 Å². The number of carboxylic acid groups (broad SMARTS) is 1. The van der Waals surface area contributed by atoms with Gasteiger partial charge in [0.1, 0.15) is 0 Å². The van der Waals surface area contributed by atoms with Crippen LogP contribution in [0.3, 0.4) is 0 Å². The molecule has 11 heavy (non-hydrogen) atoms. The van der Waals surface area contributed by atoms with Crippen molar-refractivity contribution in [3.8, 4) is 0 Å². The number of nitrogens with two attached hydrogens (primary N) is 1. The molecule has 0 saturated heterocycles. The molecule has 0 bridgehead atoms. The van der Waals surface area contributed by atoms with Gasteiger partial charge in [-0.25, -0.2) is 4.79 Å². The third-order valence-electron chi connectivity index (χ3n) is 1.53. The van der Waals surface area contributed by atoms with Gasteiger partial charge in [0.25, 0.3) is 0 Å². The minimum absolute atomic E-state index is 0.318. The van der Waals surface area contributed by atoms with Crippen LogP contribution in [0.5, 0.6) is 0 Å². The van der Waals surface area contributed by atoms with Gasteiger partial charge in [-0.3, -0.25) is 0 Å². The number of hydrogen-bond acceptors (Lipinski definition) is 2. The average Bonchev–Trinajstić information content (AvgIpc) is 1.97. The van der Waals surface area contributed by atoms with E-state index in [0.717, 1.165) is 19.3 Å². The Labute approximate surface area is 66.9 Å². The van der Waals surface area contributed by atoms with Gasteiger partial charge in [-0.2, -0.15) is 0 Å². The minimum Gasteiger partial charge on any atom is -0.478 e. The lowest BCUT2D eigenvalue weighted by Crippen LogP contribution is -2.03.